The summed E-state index contributed by atoms with van der Waals surface area (Å²) in [5.41, 5.74) is 0.755. The third-order valence-corrected chi connectivity index (χ3v) is 9.17. The van der Waals surface area contributed by atoms with Crippen LogP contribution in [0, 0.1) is 0 Å². The van der Waals surface area contributed by atoms with E-state index in [1.54, 1.807) is 12.1 Å². The molecule has 296 valence electrons. The normalized spacial score (nSPS) is 32.1. The standard InChI is InChI=1S/C37H40O18/c1-15-34(55-27(42)8-5-16-3-6-18(38)7-4-16)31(46)33(48)36(51-15)50-14-26-29(44)30(45)32(47)37(54-26)53-25-13-20-21(40)11-19(39)12-23(20)52-35(25)17-9-22(41)28(43)24(10-17)49-2/h3-13,15,23,26,29-34,36-41,43-48H,14H2,1-2H3. The van der Waals surface area contributed by atoms with Gasteiger partial charge in [0.25, 0.3) is 0 Å². The number of hydrogen-bond acceptors (Lipinski definition) is 18. The van der Waals surface area contributed by atoms with Crippen LogP contribution in [-0.2, 0) is 33.2 Å². The van der Waals surface area contributed by atoms with Crippen molar-refractivity contribution < 1.29 is 89.0 Å². The topological polar surface area (TPSA) is 284 Å². The van der Waals surface area contributed by atoms with Crippen LogP contribution in [-0.4, -0.2) is 138 Å². The highest BCUT2D eigenvalue weighted by Gasteiger charge is 2.49. The molecule has 0 saturated carbocycles. The van der Waals surface area contributed by atoms with Crippen molar-refractivity contribution in [1.29, 1.82) is 0 Å². The average Bonchev–Trinajstić information content (AvgIpc) is 3.15. The van der Waals surface area contributed by atoms with E-state index in [0.717, 1.165) is 18.2 Å². The SMILES string of the molecule is COc1cc(C2=C(OC3OC(COC4OC(C)C(OC(=O)C=Cc5ccc(O)cc5)C(O)C4O)C(O)C(O)C3O)C=C3C(O)=CC(O)=CC3O2)cc(O)c1O. The van der Waals surface area contributed by atoms with Crippen molar-refractivity contribution in [2.45, 2.75) is 74.4 Å². The fourth-order valence-corrected chi connectivity index (χ4v) is 6.18. The number of esters is 1. The Labute approximate surface area is 312 Å². The number of aromatic hydroxyl groups is 3. The number of allylic oxidation sites excluding steroid dienone is 2. The second-order valence-electron chi connectivity index (χ2n) is 13.0. The Morgan fingerprint density at radius 2 is 1.56 bits per heavy atom. The van der Waals surface area contributed by atoms with E-state index in [1.165, 1.54) is 50.5 Å². The van der Waals surface area contributed by atoms with E-state index in [9.17, 15) is 55.9 Å². The summed E-state index contributed by atoms with van der Waals surface area (Å²) in [6, 6.07) is 8.37. The Balaban J connectivity index is 1.16. The number of aliphatic hydroxyl groups excluding tert-OH is 7. The second kappa shape index (κ2) is 16.2. The van der Waals surface area contributed by atoms with Crippen molar-refractivity contribution in [3.8, 4) is 23.0 Å². The largest absolute Gasteiger partial charge is 0.508 e. The van der Waals surface area contributed by atoms with Gasteiger partial charge in [0.05, 0.1) is 19.8 Å². The summed E-state index contributed by atoms with van der Waals surface area (Å²) in [5.74, 6) is -3.25. The van der Waals surface area contributed by atoms with Gasteiger partial charge in [-0.1, -0.05) is 12.1 Å². The molecule has 6 rings (SSSR count). The van der Waals surface area contributed by atoms with Crippen LogP contribution in [0.1, 0.15) is 18.1 Å². The lowest BCUT2D eigenvalue weighted by atomic mass is 9.96. The molecule has 10 N–H and O–H groups in total. The average molecular weight is 773 g/mol. The van der Waals surface area contributed by atoms with Crippen molar-refractivity contribution in [1.82, 2.24) is 0 Å². The van der Waals surface area contributed by atoms with Gasteiger partial charge in [-0.2, -0.15) is 0 Å². The predicted molar refractivity (Wildman–Crippen MR) is 185 cm³/mol. The van der Waals surface area contributed by atoms with Gasteiger partial charge < -0.3 is 84.2 Å². The highest BCUT2D eigenvalue weighted by molar-refractivity contribution is 5.87. The van der Waals surface area contributed by atoms with Crippen molar-refractivity contribution in [2.75, 3.05) is 13.7 Å². The molecule has 55 heavy (non-hydrogen) atoms. The molecule has 2 saturated heterocycles. The van der Waals surface area contributed by atoms with E-state index >= 15 is 0 Å². The maximum Gasteiger partial charge on any atom is 0.331 e. The monoisotopic (exact) mass is 772 g/mol. The molecule has 18 nitrogen and oxygen atoms in total. The molecule has 18 heteroatoms. The lowest BCUT2D eigenvalue weighted by Crippen LogP contribution is -2.61. The zero-order chi connectivity index (χ0) is 39.7. The minimum absolute atomic E-state index is 0.0428. The first-order valence-corrected chi connectivity index (χ1v) is 16.9. The molecule has 2 aromatic carbocycles. The molecule has 0 bridgehead atoms. The smallest absolute Gasteiger partial charge is 0.331 e. The van der Waals surface area contributed by atoms with E-state index in [1.807, 2.05) is 0 Å². The number of fused-ring (bicyclic) bond motifs is 1. The molecule has 3 heterocycles. The molecule has 1 aliphatic carbocycles. The van der Waals surface area contributed by atoms with Gasteiger partial charge in [-0.3, -0.25) is 0 Å². The van der Waals surface area contributed by atoms with Gasteiger partial charge >= 0.3 is 5.97 Å². The Morgan fingerprint density at radius 3 is 2.27 bits per heavy atom. The number of phenolic OH excluding ortho intramolecular Hbond substituents is 3. The number of rotatable bonds is 10. The predicted octanol–water partition coefficient (Wildman–Crippen LogP) is 0.636. The second-order valence-corrected chi connectivity index (χ2v) is 13.0. The number of phenols is 3. The van der Waals surface area contributed by atoms with E-state index in [-0.39, 0.29) is 39.9 Å². The third kappa shape index (κ3) is 8.36. The summed E-state index contributed by atoms with van der Waals surface area (Å²) in [4.78, 5) is 12.5. The molecule has 4 aliphatic rings. The molecular formula is C37H40O18. The van der Waals surface area contributed by atoms with Crippen LogP contribution < -0.4 is 4.74 Å². The van der Waals surface area contributed by atoms with Crippen LogP contribution in [0.2, 0.25) is 0 Å². The number of carbonyl (C=O) groups excluding carboxylic acids is 1. The number of hydrogen-bond donors (Lipinski definition) is 10. The zero-order valence-corrected chi connectivity index (χ0v) is 29.1. The first-order valence-electron chi connectivity index (χ1n) is 16.9. The quantitative estimate of drug-likeness (QED) is 0.0901. The number of ether oxygens (including phenoxy) is 7. The molecule has 2 fully saturated rings. The minimum Gasteiger partial charge on any atom is -0.508 e. The van der Waals surface area contributed by atoms with Gasteiger partial charge in [-0.25, -0.2) is 4.79 Å². The summed E-state index contributed by atoms with van der Waals surface area (Å²) in [5, 5.41) is 105. The Kier molecular flexibility index (Phi) is 11.6. The first kappa shape index (κ1) is 39.4. The van der Waals surface area contributed by atoms with Gasteiger partial charge in [0.1, 0.15) is 60.0 Å². The minimum atomic E-state index is -1.89. The van der Waals surface area contributed by atoms with Crippen molar-refractivity contribution in [2.24, 2.45) is 0 Å². The van der Waals surface area contributed by atoms with Gasteiger partial charge in [0.2, 0.25) is 12.0 Å². The molecule has 0 amide bonds. The van der Waals surface area contributed by atoms with E-state index in [2.05, 4.69) is 0 Å². The molecule has 0 radical (unpaired) electrons. The van der Waals surface area contributed by atoms with Gasteiger partial charge in [-0.15, -0.1) is 0 Å². The molecule has 0 spiro atoms. The third-order valence-electron chi connectivity index (χ3n) is 9.17. The lowest BCUT2D eigenvalue weighted by Gasteiger charge is -2.43. The summed E-state index contributed by atoms with van der Waals surface area (Å²) in [6.45, 7) is 0.855. The number of benzene rings is 2. The first-order chi connectivity index (χ1) is 26.1. The van der Waals surface area contributed by atoms with E-state index in [0.29, 0.717) is 5.56 Å². The maximum absolute atomic E-state index is 12.5. The molecule has 11 unspecified atom stereocenters. The fraction of sp³-hybridized carbons (Fsp3) is 0.378. The zero-order valence-electron chi connectivity index (χ0n) is 29.1. The lowest BCUT2D eigenvalue weighted by molar-refractivity contribution is -0.323. The number of aliphatic hydroxyl groups is 7. The highest BCUT2D eigenvalue weighted by Crippen LogP contribution is 2.43. The number of methoxy groups -OCH3 is 1. The van der Waals surface area contributed by atoms with Crippen molar-refractivity contribution >= 4 is 17.8 Å². The Morgan fingerprint density at radius 1 is 0.855 bits per heavy atom. The Bertz CT molecular complexity index is 1900. The summed E-state index contributed by atoms with van der Waals surface area (Å²) < 4.78 is 39.6. The molecule has 11 atom stereocenters. The summed E-state index contributed by atoms with van der Waals surface area (Å²) in [7, 11) is 1.24. The van der Waals surface area contributed by atoms with Crippen LogP contribution in [0.5, 0.6) is 23.0 Å². The molecule has 2 aromatic rings. The molecular weight excluding hydrogens is 732 g/mol. The van der Waals surface area contributed by atoms with Crippen LogP contribution in [0.15, 0.2) is 83.6 Å². The van der Waals surface area contributed by atoms with Gasteiger partial charge in [0, 0.05) is 29.4 Å². The van der Waals surface area contributed by atoms with E-state index < -0.39 is 97.4 Å². The highest BCUT2D eigenvalue weighted by atomic mass is 16.7. The van der Waals surface area contributed by atoms with Crippen LogP contribution in [0.3, 0.4) is 0 Å². The fourth-order valence-electron chi connectivity index (χ4n) is 6.18. The summed E-state index contributed by atoms with van der Waals surface area (Å²) >= 11 is 0. The molecule has 0 aromatic heterocycles. The summed E-state index contributed by atoms with van der Waals surface area (Å²) in [6.07, 6.45) is -11.1. The van der Waals surface area contributed by atoms with Crippen molar-refractivity contribution in [3.05, 3.63) is 94.7 Å². The maximum atomic E-state index is 12.5. The number of carbonyl (C=O) groups is 1. The van der Waals surface area contributed by atoms with Gasteiger partial charge in [0.15, 0.2) is 35.4 Å². The Hall–Kier alpha value is -5.31. The van der Waals surface area contributed by atoms with Crippen LogP contribution >= 0.6 is 0 Å². The van der Waals surface area contributed by atoms with Crippen LogP contribution in [0.25, 0.3) is 11.8 Å². The van der Waals surface area contributed by atoms with Crippen LogP contribution in [0.4, 0.5) is 0 Å². The van der Waals surface area contributed by atoms with E-state index in [4.69, 9.17) is 33.2 Å². The molecule has 3 aliphatic heterocycles. The van der Waals surface area contributed by atoms with Gasteiger partial charge in [-0.05, 0) is 48.9 Å². The van der Waals surface area contributed by atoms with Crippen molar-refractivity contribution in [3.63, 3.8) is 0 Å².